The molecule has 0 saturated heterocycles. The molecule has 202 valence electrons. The summed E-state index contributed by atoms with van der Waals surface area (Å²) in [6.45, 7) is 8.87. The molecule has 37 heavy (non-hydrogen) atoms. The minimum absolute atomic E-state index is 0.107. The maximum absolute atomic E-state index is 11.8. The van der Waals surface area contributed by atoms with Crippen molar-refractivity contribution in [2.45, 2.75) is 58.3 Å². The van der Waals surface area contributed by atoms with Gasteiger partial charge < -0.3 is 24.1 Å². The highest BCUT2D eigenvalue weighted by Gasteiger charge is 2.21. The van der Waals surface area contributed by atoms with E-state index in [1.165, 1.54) is 31.2 Å². The predicted octanol–water partition coefficient (Wildman–Crippen LogP) is 6.10. The number of benzene rings is 2. The fraction of sp³-hybridized carbons (Fsp3) is 0.516. The maximum Gasteiger partial charge on any atom is 0.333 e. The Bertz CT molecular complexity index is 1010. The molecule has 2 aromatic carbocycles. The SMILES string of the molecule is C=C(C)C(=O)OCCOc1cc(CCCO)cc(OCCOC)c1-c1ccc(C2CCC(C)CC2)cc1. The first kappa shape index (κ1) is 28.7. The third-order valence-corrected chi connectivity index (χ3v) is 6.90. The zero-order valence-electron chi connectivity index (χ0n) is 22.6. The lowest BCUT2D eigenvalue weighted by Gasteiger charge is -2.26. The lowest BCUT2D eigenvalue weighted by Crippen LogP contribution is -2.13. The molecule has 0 atom stereocenters. The minimum Gasteiger partial charge on any atom is -0.490 e. The Morgan fingerprint density at radius 2 is 1.59 bits per heavy atom. The second kappa shape index (κ2) is 14.8. The van der Waals surface area contributed by atoms with Crippen LogP contribution in [0.25, 0.3) is 11.1 Å². The van der Waals surface area contributed by atoms with E-state index in [1.807, 2.05) is 12.1 Å². The summed E-state index contributed by atoms with van der Waals surface area (Å²) in [5, 5.41) is 9.36. The zero-order valence-corrected chi connectivity index (χ0v) is 22.6. The number of carbonyl (C=O) groups excluding carboxylic acids is 1. The molecule has 6 nitrogen and oxygen atoms in total. The number of aliphatic hydroxyl groups excluding tert-OH is 1. The van der Waals surface area contributed by atoms with Crippen molar-refractivity contribution in [2.75, 3.05) is 40.1 Å². The van der Waals surface area contributed by atoms with Crippen LogP contribution >= 0.6 is 0 Å². The van der Waals surface area contributed by atoms with Gasteiger partial charge >= 0.3 is 5.97 Å². The van der Waals surface area contributed by atoms with Crippen molar-refractivity contribution in [1.82, 2.24) is 0 Å². The van der Waals surface area contributed by atoms with E-state index in [4.69, 9.17) is 18.9 Å². The number of aryl methyl sites for hydroxylation is 1. The number of hydrogen-bond acceptors (Lipinski definition) is 6. The summed E-state index contributed by atoms with van der Waals surface area (Å²) >= 11 is 0. The summed E-state index contributed by atoms with van der Waals surface area (Å²) in [4.78, 5) is 11.8. The first-order chi connectivity index (χ1) is 17.9. The molecular formula is C31H42O6. The molecule has 1 aliphatic carbocycles. The fourth-order valence-corrected chi connectivity index (χ4v) is 4.74. The molecule has 1 aliphatic rings. The van der Waals surface area contributed by atoms with Crippen LogP contribution in [-0.4, -0.2) is 51.2 Å². The molecule has 0 aromatic heterocycles. The molecule has 0 amide bonds. The van der Waals surface area contributed by atoms with Gasteiger partial charge in [0.25, 0.3) is 0 Å². The van der Waals surface area contributed by atoms with Crippen molar-refractivity contribution in [3.63, 3.8) is 0 Å². The fourth-order valence-electron chi connectivity index (χ4n) is 4.74. The van der Waals surface area contributed by atoms with E-state index in [2.05, 4.69) is 37.8 Å². The van der Waals surface area contributed by atoms with Crippen LogP contribution in [0.2, 0.25) is 0 Å². The molecule has 0 radical (unpaired) electrons. The Balaban J connectivity index is 1.90. The Morgan fingerprint density at radius 1 is 0.973 bits per heavy atom. The zero-order chi connectivity index (χ0) is 26.6. The highest BCUT2D eigenvalue weighted by molar-refractivity contribution is 5.86. The molecule has 1 fully saturated rings. The van der Waals surface area contributed by atoms with Crippen LogP contribution in [-0.2, 0) is 20.7 Å². The van der Waals surface area contributed by atoms with Gasteiger partial charge in [-0.15, -0.1) is 0 Å². The molecule has 0 unspecified atom stereocenters. The molecule has 0 spiro atoms. The Kier molecular flexibility index (Phi) is 11.5. The molecule has 0 aliphatic heterocycles. The van der Waals surface area contributed by atoms with Gasteiger partial charge in [-0.25, -0.2) is 4.79 Å². The Hall–Kier alpha value is -2.83. The van der Waals surface area contributed by atoms with Gasteiger partial charge in [0.05, 0.1) is 12.2 Å². The second-order valence-electron chi connectivity index (χ2n) is 9.98. The molecule has 6 heteroatoms. The number of aliphatic hydroxyl groups is 1. The average molecular weight is 511 g/mol. The van der Waals surface area contributed by atoms with Crippen LogP contribution in [0.15, 0.2) is 48.6 Å². The first-order valence-electron chi connectivity index (χ1n) is 13.4. The van der Waals surface area contributed by atoms with Crippen LogP contribution < -0.4 is 9.47 Å². The van der Waals surface area contributed by atoms with E-state index in [-0.39, 0.29) is 19.8 Å². The van der Waals surface area contributed by atoms with E-state index in [9.17, 15) is 9.90 Å². The van der Waals surface area contributed by atoms with Gasteiger partial charge in [-0.1, -0.05) is 50.6 Å². The first-order valence-corrected chi connectivity index (χ1v) is 13.4. The standard InChI is InChI=1S/C31H42O6/c1-22(2)31(33)37-19-18-36-29-21-24(6-5-15-32)20-28(35-17-16-34-4)30(29)27-13-11-26(12-14-27)25-9-7-23(3)8-10-25/h11-14,20-21,23,25,32H,1,5-10,15-19H2,2-4H3. The smallest absolute Gasteiger partial charge is 0.333 e. The van der Waals surface area contributed by atoms with E-state index in [1.54, 1.807) is 14.0 Å². The summed E-state index contributed by atoms with van der Waals surface area (Å²) in [5.74, 6) is 2.37. The monoisotopic (exact) mass is 510 g/mol. The van der Waals surface area contributed by atoms with E-state index < -0.39 is 5.97 Å². The third kappa shape index (κ3) is 8.61. The number of methoxy groups -OCH3 is 1. The number of rotatable bonds is 14. The molecule has 0 bridgehead atoms. The normalized spacial score (nSPS) is 17.3. The maximum atomic E-state index is 11.8. The highest BCUT2D eigenvalue weighted by Crippen LogP contribution is 2.42. The van der Waals surface area contributed by atoms with Crippen LogP contribution in [0.5, 0.6) is 11.5 Å². The van der Waals surface area contributed by atoms with Crippen molar-refractivity contribution in [3.05, 3.63) is 59.7 Å². The Labute approximate surface area is 221 Å². The lowest BCUT2D eigenvalue weighted by atomic mass is 9.79. The minimum atomic E-state index is -0.434. The summed E-state index contributed by atoms with van der Waals surface area (Å²) in [7, 11) is 1.65. The summed E-state index contributed by atoms with van der Waals surface area (Å²) in [6, 6.07) is 12.8. The molecule has 2 aromatic rings. The van der Waals surface area contributed by atoms with E-state index >= 15 is 0 Å². The number of carbonyl (C=O) groups is 1. The molecule has 0 heterocycles. The van der Waals surface area contributed by atoms with Crippen LogP contribution in [0.1, 0.15) is 63.0 Å². The summed E-state index contributed by atoms with van der Waals surface area (Å²) in [5.41, 5.74) is 4.60. The van der Waals surface area contributed by atoms with Gasteiger partial charge in [0, 0.05) is 19.3 Å². The topological polar surface area (TPSA) is 74.2 Å². The number of esters is 1. The lowest BCUT2D eigenvalue weighted by molar-refractivity contribution is -0.139. The van der Waals surface area contributed by atoms with Gasteiger partial charge in [0.15, 0.2) is 0 Å². The van der Waals surface area contributed by atoms with Crippen molar-refractivity contribution < 1.29 is 28.8 Å². The van der Waals surface area contributed by atoms with Crippen molar-refractivity contribution >= 4 is 5.97 Å². The van der Waals surface area contributed by atoms with Crippen molar-refractivity contribution in [3.8, 4) is 22.6 Å². The summed E-state index contributed by atoms with van der Waals surface area (Å²) < 4.78 is 22.8. The highest BCUT2D eigenvalue weighted by atomic mass is 16.6. The number of ether oxygens (including phenoxy) is 4. The predicted molar refractivity (Wildman–Crippen MR) is 146 cm³/mol. The van der Waals surface area contributed by atoms with Gasteiger partial charge in [-0.2, -0.15) is 0 Å². The largest absolute Gasteiger partial charge is 0.490 e. The van der Waals surface area contributed by atoms with Crippen LogP contribution in [0.3, 0.4) is 0 Å². The van der Waals surface area contributed by atoms with E-state index in [0.717, 1.165) is 22.6 Å². The summed E-state index contributed by atoms with van der Waals surface area (Å²) in [6.07, 6.45) is 6.38. The van der Waals surface area contributed by atoms with Crippen LogP contribution in [0.4, 0.5) is 0 Å². The van der Waals surface area contributed by atoms with E-state index in [0.29, 0.717) is 49.0 Å². The van der Waals surface area contributed by atoms with Gasteiger partial charge in [0.1, 0.15) is 31.3 Å². The third-order valence-electron chi connectivity index (χ3n) is 6.90. The second-order valence-corrected chi connectivity index (χ2v) is 9.98. The van der Waals surface area contributed by atoms with Crippen molar-refractivity contribution in [2.24, 2.45) is 5.92 Å². The van der Waals surface area contributed by atoms with Crippen LogP contribution in [0, 0.1) is 5.92 Å². The molecular weight excluding hydrogens is 468 g/mol. The molecule has 1 N–H and O–H groups in total. The average Bonchev–Trinajstić information content (AvgIpc) is 2.90. The van der Waals surface area contributed by atoms with Gasteiger partial charge in [0.2, 0.25) is 0 Å². The quantitative estimate of drug-likeness (QED) is 0.188. The van der Waals surface area contributed by atoms with Gasteiger partial charge in [-0.3, -0.25) is 0 Å². The van der Waals surface area contributed by atoms with Crippen molar-refractivity contribution in [1.29, 1.82) is 0 Å². The number of hydrogen-bond donors (Lipinski definition) is 1. The Morgan fingerprint density at radius 3 is 2.16 bits per heavy atom. The van der Waals surface area contributed by atoms with Gasteiger partial charge in [-0.05, 0) is 73.3 Å². The molecule has 3 rings (SSSR count). The molecule has 1 saturated carbocycles.